The van der Waals surface area contributed by atoms with Gasteiger partial charge in [0.2, 0.25) is 0 Å². The van der Waals surface area contributed by atoms with E-state index in [4.69, 9.17) is 4.74 Å². The van der Waals surface area contributed by atoms with E-state index in [0.717, 1.165) is 0 Å². The van der Waals surface area contributed by atoms with Crippen LogP contribution in [0.5, 0.6) is 0 Å². The van der Waals surface area contributed by atoms with E-state index in [2.05, 4.69) is 0 Å². The van der Waals surface area contributed by atoms with Gasteiger partial charge in [0.1, 0.15) is 11.5 Å². The van der Waals surface area contributed by atoms with Gasteiger partial charge in [-0.05, 0) is 16.9 Å². The highest BCUT2D eigenvalue weighted by atomic mass is 16.6. The molecule has 1 aromatic carbocycles. The second-order valence-electron chi connectivity index (χ2n) is 10.3. The number of allylic oxidation sites excluding steroid dienone is 5. The summed E-state index contributed by atoms with van der Waals surface area (Å²) in [5.41, 5.74) is 1.06. The summed E-state index contributed by atoms with van der Waals surface area (Å²) in [6.45, 7) is 8.15. The highest BCUT2D eigenvalue weighted by Gasteiger charge is 2.46. The predicted molar refractivity (Wildman–Crippen MR) is 117 cm³/mol. The van der Waals surface area contributed by atoms with E-state index in [1.807, 2.05) is 27.7 Å². The van der Waals surface area contributed by atoms with Crippen LogP contribution in [0.25, 0.3) is 6.08 Å². The molecule has 6 nitrogen and oxygen atoms in total. The van der Waals surface area contributed by atoms with Gasteiger partial charge in [-0.3, -0.25) is 19.7 Å². The third kappa shape index (κ3) is 3.99. The number of carbonyl (C=O) groups is 2. The Morgan fingerprint density at radius 1 is 0.935 bits per heavy atom. The first kappa shape index (κ1) is 21.2. The van der Waals surface area contributed by atoms with Crippen molar-refractivity contribution in [3.63, 3.8) is 0 Å². The first-order chi connectivity index (χ1) is 14.5. The Morgan fingerprint density at radius 3 is 1.97 bits per heavy atom. The normalized spacial score (nSPS) is 23.0. The molecule has 0 radical (unpaired) electrons. The standard InChI is InChI=1S/C25H27NO5/c1-24(2)11-18(27)22-16(10-9-15-7-5-6-8-17(15)26(29)30)23-19(28)12-25(3,4)14-21(23)31-20(22)13-24/h5-10,16H,11-14H2,1-4H3. The molecule has 1 heterocycles. The molecule has 0 fully saturated rings. The molecule has 0 spiro atoms. The summed E-state index contributed by atoms with van der Waals surface area (Å²) in [6.07, 6.45) is 5.43. The molecule has 0 bridgehead atoms. The van der Waals surface area contributed by atoms with Crippen molar-refractivity contribution in [1.82, 2.24) is 0 Å². The maximum Gasteiger partial charge on any atom is 0.276 e. The number of ketones is 2. The Morgan fingerprint density at radius 2 is 1.45 bits per heavy atom. The first-order valence-corrected chi connectivity index (χ1v) is 10.6. The largest absolute Gasteiger partial charge is 0.465 e. The molecule has 31 heavy (non-hydrogen) atoms. The average Bonchev–Trinajstić information content (AvgIpc) is 2.63. The van der Waals surface area contributed by atoms with Gasteiger partial charge in [-0.25, -0.2) is 0 Å². The minimum absolute atomic E-state index is 0.0126. The number of para-hydroxylation sites is 1. The zero-order chi connectivity index (χ0) is 22.6. The molecule has 0 atom stereocenters. The summed E-state index contributed by atoms with van der Waals surface area (Å²) >= 11 is 0. The van der Waals surface area contributed by atoms with Gasteiger partial charge < -0.3 is 4.74 Å². The summed E-state index contributed by atoms with van der Waals surface area (Å²) in [4.78, 5) is 37.2. The molecule has 1 aromatic rings. The molecule has 2 aliphatic carbocycles. The Hall–Kier alpha value is -3.02. The molecule has 6 heteroatoms. The maximum absolute atomic E-state index is 13.1. The van der Waals surface area contributed by atoms with Gasteiger partial charge in [-0.15, -0.1) is 0 Å². The molecule has 4 rings (SSSR count). The quantitative estimate of drug-likeness (QED) is 0.472. The van der Waals surface area contributed by atoms with Crippen LogP contribution >= 0.6 is 0 Å². The SMILES string of the molecule is CC1(C)CC(=O)C2=C(C1)OC1=C(C(=O)CC(C)(C)C1)C2C=Cc1ccccc1[N+](=O)[O-]. The van der Waals surface area contributed by atoms with Gasteiger partial charge in [-0.2, -0.15) is 0 Å². The number of hydrogen-bond donors (Lipinski definition) is 0. The van der Waals surface area contributed by atoms with Gasteiger partial charge in [0, 0.05) is 48.8 Å². The first-order valence-electron chi connectivity index (χ1n) is 10.6. The van der Waals surface area contributed by atoms with Crippen molar-refractivity contribution in [3.8, 4) is 0 Å². The minimum Gasteiger partial charge on any atom is -0.465 e. The lowest BCUT2D eigenvalue weighted by molar-refractivity contribution is -0.385. The molecule has 1 aliphatic heterocycles. The van der Waals surface area contributed by atoms with Crippen molar-refractivity contribution >= 4 is 23.3 Å². The Kier molecular flexibility index (Phi) is 4.99. The monoisotopic (exact) mass is 421 g/mol. The Bertz CT molecular complexity index is 1030. The van der Waals surface area contributed by atoms with E-state index in [1.54, 1.807) is 30.4 Å². The number of Topliss-reactive ketones (excluding diaryl/α,β-unsaturated/α-hetero) is 2. The number of hydrogen-bond acceptors (Lipinski definition) is 5. The van der Waals surface area contributed by atoms with Gasteiger partial charge in [0.25, 0.3) is 5.69 Å². The molecular weight excluding hydrogens is 394 g/mol. The number of rotatable bonds is 3. The number of nitro groups is 1. The number of nitrogens with zero attached hydrogens (tertiary/aromatic N) is 1. The molecule has 0 amide bonds. The topological polar surface area (TPSA) is 86.5 Å². The van der Waals surface area contributed by atoms with Gasteiger partial charge in [0.15, 0.2) is 11.6 Å². The van der Waals surface area contributed by atoms with E-state index in [9.17, 15) is 19.7 Å². The van der Waals surface area contributed by atoms with Crippen molar-refractivity contribution in [2.75, 3.05) is 0 Å². The van der Waals surface area contributed by atoms with Crippen LogP contribution in [0.15, 0.2) is 53.0 Å². The Balaban J connectivity index is 1.83. The van der Waals surface area contributed by atoms with Crippen LogP contribution in [-0.4, -0.2) is 16.5 Å². The third-order valence-corrected chi connectivity index (χ3v) is 6.23. The lowest BCUT2D eigenvalue weighted by Crippen LogP contribution is -2.37. The van der Waals surface area contributed by atoms with E-state index < -0.39 is 10.8 Å². The summed E-state index contributed by atoms with van der Waals surface area (Å²) in [5.74, 6) is 0.705. The summed E-state index contributed by atoms with van der Waals surface area (Å²) in [7, 11) is 0. The van der Waals surface area contributed by atoms with Gasteiger partial charge >= 0.3 is 0 Å². The van der Waals surface area contributed by atoms with Crippen LogP contribution in [0, 0.1) is 26.9 Å². The summed E-state index contributed by atoms with van der Waals surface area (Å²) in [5, 5.41) is 11.4. The molecule has 3 aliphatic rings. The van der Waals surface area contributed by atoms with Crippen LogP contribution in [0.2, 0.25) is 0 Å². The van der Waals surface area contributed by atoms with Crippen LogP contribution in [0.3, 0.4) is 0 Å². The summed E-state index contributed by atoms with van der Waals surface area (Å²) in [6, 6.07) is 6.46. The zero-order valence-corrected chi connectivity index (χ0v) is 18.4. The third-order valence-electron chi connectivity index (χ3n) is 6.23. The second-order valence-corrected chi connectivity index (χ2v) is 10.3. The van der Waals surface area contributed by atoms with Crippen molar-refractivity contribution in [3.05, 3.63) is 68.7 Å². The number of ether oxygens (including phenoxy) is 1. The van der Waals surface area contributed by atoms with Crippen molar-refractivity contribution < 1.29 is 19.2 Å². The van der Waals surface area contributed by atoms with E-state index >= 15 is 0 Å². The highest BCUT2D eigenvalue weighted by Crippen LogP contribution is 2.50. The fraction of sp³-hybridized carbons (Fsp3) is 0.440. The molecular formula is C25H27NO5. The molecule has 0 aromatic heterocycles. The Labute approximate surface area is 181 Å². The smallest absolute Gasteiger partial charge is 0.276 e. The van der Waals surface area contributed by atoms with Crippen molar-refractivity contribution in [2.24, 2.45) is 16.7 Å². The molecule has 162 valence electrons. The summed E-state index contributed by atoms with van der Waals surface area (Å²) < 4.78 is 6.23. The van der Waals surface area contributed by atoms with Gasteiger partial charge in [0.05, 0.1) is 10.5 Å². The average molecular weight is 421 g/mol. The minimum atomic E-state index is -0.536. The van der Waals surface area contributed by atoms with Crippen LogP contribution in [-0.2, 0) is 14.3 Å². The van der Waals surface area contributed by atoms with Crippen molar-refractivity contribution in [1.29, 1.82) is 0 Å². The number of benzene rings is 1. The van der Waals surface area contributed by atoms with Crippen LogP contribution in [0.1, 0.15) is 58.9 Å². The lowest BCUT2D eigenvalue weighted by atomic mass is 9.67. The fourth-order valence-corrected chi connectivity index (χ4v) is 4.91. The molecule has 0 N–H and O–H groups in total. The number of carbonyl (C=O) groups excluding carboxylic acids is 2. The fourth-order valence-electron chi connectivity index (χ4n) is 4.91. The van der Waals surface area contributed by atoms with E-state index in [1.165, 1.54) is 6.07 Å². The predicted octanol–water partition coefficient (Wildman–Crippen LogP) is 5.54. The maximum atomic E-state index is 13.1. The zero-order valence-electron chi connectivity index (χ0n) is 18.4. The molecule has 0 saturated heterocycles. The van der Waals surface area contributed by atoms with Crippen LogP contribution in [0.4, 0.5) is 5.69 Å². The molecule has 0 unspecified atom stereocenters. The second kappa shape index (κ2) is 7.29. The lowest BCUT2D eigenvalue weighted by Gasteiger charge is -2.42. The number of nitro benzene ring substituents is 1. The van der Waals surface area contributed by atoms with Crippen molar-refractivity contribution in [2.45, 2.75) is 53.4 Å². The van der Waals surface area contributed by atoms with Crippen LogP contribution < -0.4 is 0 Å². The van der Waals surface area contributed by atoms with E-state index in [0.29, 0.717) is 53.9 Å². The van der Waals surface area contributed by atoms with Gasteiger partial charge in [-0.1, -0.05) is 52.0 Å². The van der Waals surface area contributed by atoms with E-state index in [-0.39, 0.29) is 28.1 Å². The highest BCUT2D eigenvalue weighted by molar-refractivity contribution is 6.05. The molecule has 0 saturated carbocycles.